The summed E-state index contributed by atoms with van der Waals surface area (Å²) in [4.78, 5) is 10.9. The van der Waals surface area contributed by atoms with Gasteiger partial charge in [0.05, 0.1) is 6.10 Å². The number of hydrogen-bond acceptors (Lipinski definition) is 2. The van der Waals surface area contributed by atoms with Gasteiger partial charge in [0.15, 0.2) is 0 Å². The van der Waals surface area contributed by atoms with Crippen LogP contribution in [0.2, 0.25) is 0 Å². The number of aliphatic hydroxyl groups excluding tert-OH is 1. The van der Waals surface area contributed by atoms with Crippen LogP contribution in [-0.4, -0.2) is 23.7 Å². The van der Waals surface area contributed by atoms with E-state index >= 15 is 0 Å². The summed E-state index contributed by atoms with van der Waals surface area (Å²) in [6, 6.07) is 0. The molecule has 3 heteroatoms. The zero-order valence-electron chi connectivity index (χ0n) is 7.26. The first-order chi connectivity index (χ1) is 5.16. The van der Waals surface area contributed by atoms with Crippen LogP contribution >= 0.6 is 0 Å². The molecule has 0 aliphatic heterocycles. The van der Waals surface area contributed by atoms with Gasteiger partial charge in [-0.15, -0.1) is 0 Å². The molecule has 0 spiro atoms. The molecule has 3 nitrogen and oxygen atoms in total. The van der Waals surface area contributed by atoms with Gasteiger partial charge < -0.3 is 10.4 Å². The minimum Gasteiger partial charge on any atom is -0.392 e. The zero-order chi connectivity index (χ0) is 8.69. The van der Waals surface area contributed by atoms with E-state index in [1.807, 2.05) is 6.92 Å². The Hall–Kier alpha value is -0.570. The molecule has 2 N–H and O–H groups in total. The van der Waals surface area contributed by atoms with E-state index in [4.69, 9.17) is 5.11 Å². The van der Waals surface area contributed by atoms with Crippen molar-refractivity contribution in [3.8, 4) is 0 Å². The second kappa shape index (κ2) is 6.16. The van der Waals surface area contributed by atoms with Crippen molar-refractivity contribution in [2.45, 2.75) is 39.2 Å². The molecule has 0 aromatic carbocycles. The van der Waals surface area contributed by atoms with Gasteiger partial charge in [-0.3, -0.25) is 4.79 Å². The molecular weight excluding hydrogens is 142 g/mol. The number of amides is 1. The van der Waals surface area contributed by atoms with E-state index in [-0.39, 0.29) is 5.91 Å². The van der Waals surface area contributed by atoms with Crippen LogP contribution < -0.4 is 5.32 Å². The van der Waals surface area contributed by atoms with E-state index in [9.17, 15) is 4.79 Å². The Morgan fingerprint density at radius 2 is 2.27 bits per heavy atom. The first kappa shape index (κ1) is 10.4. The normalized spacial score (nSPS) is 12.6. The summed E-state index contributed by atoms with van der Waals surface area (Å²) >= 11 is 0. The van der Waals surface area contributed by atoms with Gasteiger partial charge in [-0.25, -0.2) is 0 Å². The van der Waals surface area contributed by atoms with Crippen molar-refractivity contribution in [2.75, 3.05) is 6.54 Å². The SMILES string of the molecule is CCCCC(=O)NCC(C)O. The summed E-state index contributed by atoms with van der Waals surface area (Å²) in [5.74, 6) is 0.0350. The molecule has 1 atom stereocenters. The average molecular weight is 159 g/mol. The summed E-state index contributed by atoms with van der Waals surface area (Å²) in [5.41, 5.74) is 0. The molecule has 0 rings (SSSR count). The summed E-state index contributed by atoms with van der Waals surface area (Å²) in [7, 11) is 0. The second-order valence-electron chi connectivity index (χ2n) is 2.76. The molecule has 0 aliphatic rings. The molecule has 0 saturated carbocycles. The van der Waals surface area contributed by atoms with Crippen molar-refractivity contribution < 1.29 is 9.90 Å². The molecule has 1 amide bonds. The monoisotopic (exact) mass is 159 g/mol. The first-order valence-electron chi connectivity index (χ1n) is 4.11. The fourth-order valence-electron chi connectivity index (χ4n) is 0.687. The molecule has 0 saturated heterocycles. The van der Waals surface area contributed by atoms with Gasteiger partial charge in [0.1, 0.15) is 0 Å². The predicted octanol–water partition coefficient (Wildman–Crippen LogP) is 0.674. The van der Waals surface area contributed by atoms with Crippen molar-refractivity contribution in [1.82, 2.24) is 5.32 Å². The van der Waals surface area contributed by atoms with E-state index < -0.39 is 6.10 Å². The first-order valence-corrected chi connectivity index (χ1v) is 4.11. The number of carbonyl (C=O) groups excluding carboxylic acids is 1. The molecule has 0 aromatic rings. The van der Waals surface area contributed by atoms with E-state index in [1.165, 1.54) is 0 Å². The summed E-state index contributed by atoms with van der Waals surface area (Å²) in [5, 5.41) is 11.4. The molecule has 66 valence electrons. The molecule has 0 fully saturated rings. The smallest absolute Gasteiger partial charge is 0.220 e. The topological polar surface area (TPSA) is 49.3 Å². The van der Waals surface area contributed by atoms with Gasteiger partial charge in [0, 0.05) is 13.0 Å². The fraction of sp³-hybridized carbons (Fsp3) is 0.875. The molecular formula is C8H17NO2. The fourth-order valence-corrected chi connectivity index (χ4v) is 0.687. The summed E-state index contributed by atoms with van der Waals surface area (Å²) < 4.78 is 0. The van der Waals surface area contributed by atoms with Gasteiger partial charge in [0.2, 0.25) is 5.91 Å². The lowest BCUT2D eigenvalue weighted by Crippen LogP contribution is -2.30. The number of hydrogen-bond donors (Lipinski definition) is 2. The molecule has 0 aromatic heterocycles. The highest BCUT2D eigenvalue weighted by Crippen LogP contribution is 1.92. The van der Waals surface area contributed by atoms with Crippen LogP contribution in [0.1, 0.15) is 33.1 Å². The standard InChI is InChI=1S/C8H17NO2/c1-3-4-5-8(11)9-6-7(2)10/h7,10H,3-6H2,1-2H3,(H,9,11). The Morgan fingerprint density at radius 3 is 2.73 bits per heavy atom. The van der Waals surface area contributed by atoms with Crippen LogP contribution in [0.5, 0.6) is 0 Å². The quantitative estimate of drug-likeness (QED) is 0.619. The molecule has 0 bridgehead atoms. The Labute approximate surface area is 67.8 Å². The Balaban J connectivity index is 3.23. The molecule has 0 radical (unpaired) electrons. The lowest BCUT2D eigenvalue weighted by atomic mass is 10.2. The van der Waals surface area contributed by atoms with E-state index in [0.29, 0.717) is 13.0 Å². The summed E-state index contributed by atoms with van der Waals surface area (Å²) in [6.45, 7) is 4.06. The molecule has 11 heavy (non-hydrogen) atoms. The highest BCUT2D eigenvalue weighted by atomic mass is 16.3. The zero-order valence-corrected chi connectivity index (χ0v) is 7.26. The van der Waals surface area contributed by atoms with Crippen LogP contribution in [0.25, 0.3) is 0 Å². The third-order valence-corrected chi connectivity index (χ3v) is 1.35. The minimum absolute atomic E-state index is 0.0350. The predicted molar refractivity (Wildman–Crippen MR) is 44.2 cm³/mol. The van der Waals surface area contributed by atoms with E-state index in [1.54, 1.807) is 6.92 Å². The molecule has 0 heterocycles. The Morgan fingerprint density at radius 1 is 1.64 bits per heavy atom. The second-order valence-corrected chi connectivity index (χ2v) is 2.76. The largest absolute Gasteiger partial charge is 0.392 e. The van der Waals surface area contributed by atoms with Crippen molar-refractivity contribution in [1.29, 1.82) is 0 Å². The van der Waals surface area contributed by atoms with Gasteiger partial charge in [-0.1, -0.05) is 13.3 Å². The third-order valence-electron chi connectivity index (χ3n) is 1.35. The van der Waals surface area contributed by atoms with Crippen LogP contribution in [-0.2, 0) is 4.79 Å². The Kier molecular flexibility index (Phi) is 5.84. The van der Waals surface area contributed by atoms with Crippen molar-refractivity contribution in [3.63, 3.8) is 0 Å². The van der Waals surface area contributed by atoms with Gasteiger partial charge in [-0.2, -0.15) is 0 Å². The van der Waals surface area contributed by atoms with E-state index in [0.717, 1.165) is 12.8 Å². The third kappa shape index (κ3) is 7.33. The lowest BCUT2D eigenvalue weighted by molar-refractivity contribution is -0.121. The number of carbonyl (C=O) groups is 1. The number of nitrogens with one attached hydrogen (secondary N) is 1. The molecule has 0 aliphatic carbocycles. The van der Waals surface area contributed by atoms with Crippen molar-refractivity contribution >= 4 is 5.91 Å². The van der Waals surface area contributed by atoms with Crippen LogP contribution in [0.3, 0.4) is 0 Å². The highest BCUT2D eigenvalue weighted by Gasteiger charge is 2.00. The maximum Gasteiger partial charge on any atom is 0.220 e. The number of aliphatic hydroxyl groups is 1. The number of unbranched alkanes of at least 4 members (excludes halogenated alkanes) is 1. The van der Waals surface area contributed by atoms with Gasteiger partial charge in [-0.05, 0) is 13.3 Å². The highest BCUT2D eigenvalue weighted by molar-refractivity contribution is 5.75. The maximum absolute atomic E-state index is 10.9. The average Bonchev–Trinajstić information content (AvgIpc) is 1.97. The minimum atomic E-state index is -0.444. The maximum atomic E-state index is 10.9. The van der Waals surface area contributed by atoms with E-state index in [2.05, 4.69) is 5.32 Å². The Bertz CT molecular complexity index is 113. The van der Waals surface area contributed by atoms with Gasteiger partial charge in [0.25, 0.3) is 0 Å². The lowest BCUT2D eigenvalue weighted by Gasteiger charge is -2.05. The summed E-state index contributed by atoms with van der Waals surface area (Å²) in [6.07, 6.45) is 2.08. The molecule has 1 unspecified atom stereocenters. The van der Waals surface area contributed by atoms with Gasteiger partial charge >= 0.3 is 0 Å². The van der Waals surface area contributed by atoms with Crippen LogP contribution in [0, 0.1) is 0 Å². The van der Waals surface area contributed by atoms with Crippen LogP contribution in [0.4, 0.5) is 0 Å². The number of rotatable bonds is 5. The van der Waals surface area contributed by atoms with Crippen molar-refractivity contribution in [3.05, 3.63) is 0 Å². The van der Waals surface area contributed by atoms with Crippen molar-refractivity contribution in [2.24, 2.45) is 0 Å². The van der Waals surface area contributed by atoms with Crippen LogP contribution in [0.15, 0.2) is 0 Å².